The monoisotopic (exact) mass is 327 g/mol. The van der Waals surface area contributed by atoms with Crippen LogP contribution < -0.4 is 10.9 Å². The molecule has 118 valence electrons. The molecule has 0 aliphatic carbocycles. The average Bonchev–Trinajstić information content (AvgIpc) is 2.52. The van der Waals surface area contributed by atoms with Crippen molar-refractivity contribution in [2.24, 2.45) is 0 Å². The van der Waals surface area contributed by atoms with Crippen LogP contribution in [0.1, 0.15) is 29.0 Å². The molecule has 5 nitrogen and oxygen atoms in total. The molecule has 0 unspecified atom stereocenters. The highest BCUT2D eigenvalue weighted by Crippen LogP contribution is 2.35. The Balaban J connectivity index is 2.11. The van der Waals surface area contributed by atoms with Crippen LogP contribution in [0.15, 0.2) is 46.9 Å². The lowest BCUT2D eigenvalue weighted by molar-refractivity contribution is -0.116. The Morgan fingerprint density at radius 2 is 2.17 bits per heavy atom. The van der Waals surface area contributed by atoms with E-state index in [4.69, 9.17) is 0 Å². The molecular weight excluding hydrogens is 310 g/mol. The van der Waals surface area contributed by atoms with E-state index >= 15 is 0 Å². The van der Waals surface area contributed by atoms with Gasteiger partial charge in [0, 0.05) is 18.1 Å². The molecule has 1 aliphatic rings. The van der Waals surface area contributed by atoms with Gasteiger partial charge in [0.2, 0.25) is 5.91 Å². The number of anilines is 1. The molecule has 6 heteroatoms. The zero-order chi connectivity index (χ0) is 16.4. The van der Waals surface area contributed by atoms with Crippen LogP contribution in [0.2, 0.25) is 0 Å². The lowest BCUT2D eigenvalue weighted by Gasteiger charge is -2.25. The number of hydrogen-bond acceptors (Lipinski definition) is 4. The summed E-state index contributed by atoms with van der Waals surface area (Å²) in [5, 5.41) is 3.21. The lowest BCUT2D eigenvalue weighted by Crippen LogP contribution is -2.31. The van der Waals surface area contributed by atoms with Crippen molar-refractivity contribution in [1.29, 1.82) is 0 Å². The maximum atomic E-state index is 12.6. The minimum absolute atomic E-state index is 0.122. The summed E-state index contributed by atoms with van der Waals surface area (Å²) in [6, 6.07) is 7.81. The van der Waals surface area contributed by atoms with E-state index in [0.717, 1.165) is 11.1 Å². The second kappa shape index (κ2) is 6.42. The second-order valence-corrected chi connectivity index (χ2v) is 6.40. The molecule has 0 bridgehead atoms. The third-order valence-electron chi connectivity index (χ3n) is 3.83. The normalized spacial score (nSPS) is 16.6. The van der Waals surface area contributed by atoms with E-state index in [0.29, 0.717) is 22.3 Å². The maximum absolute atomic E-state index is 12.6. The summed E-state index contributed by atoms with van der Waals surface area (Å²) in [5.41, 5.74) is 2.38. The van der Waals surface area contributed by atoms with Gasteiger partial charge in [-0.3, -0.25) is 9.59 Å². The number of carbonyl (C=O) groups is 1. The van der Waals surface area contributed by atoms with Crippen molar-refractivity contribution >= 4 is 23.5 Å². The molecule has 0 fully saturated rings. The van der Waals surface area contributed by atoms with Crippen LogP contribution >= 0.6 is 11.8 Å². The highest BCUT2D eigenvalue weighted by Gasteiger charge is 2.31. The van der Waals surface area contributed by atoms with Crippen molar-refractivity contribution < 1.29 is 4.79 Å². The molecular formula is C17H17N3O2S. The summed E-state index contributed by atoms with van der Waals surface area (Å²) in [7, 11) is 0. The predicted octanol–water partition coefficient (Wildman–Crippen LogP) is 2.83. The van der Waals surface area contributed by atoms with Crippen molar-refractivity contribution in [3.05, 3.63) is 64.0 Å². The summed E-state index contributed by atoms with van der Waals surface area (Å²) in [4.78, 5) is 31.8. The summed E-state index contributed by atoms with van der Waals surface area (Å²) in [6.07, 6.45) is 1.99. The molecule has 1 aromatic heterocycles. The van der Waals surface area contributed by atoms with Crippen LogP contribution in [0, 0.1) is 6.92 Å². The molecule has 23 heavy (non-hydrogen) atoms. The highest BCUT2D eigenvalue weighted by atomic mass is 32.2. The van der Waals surface area contributed by atoms with E-state index in [1.54, 1.807) is 6.08 Å². The smallest absolute Gasteiger partial charge is 0.257 e. The largest absolute Gasteiger partial charge is 0.310 e. The number of nitrogens with one attached hydrogen (secondary N) is 2. The number of aromatic nitrogens is 2. The fourth-order valence-corrected chi connectivity index (χ4v) is 3.40. The van der Waals surface area contributed by atoms with Gasteiger partial charge in [-0.25, -0.2) is 4.98 Å². The van der Waals surface area contributed by atoms with Gasteiger partial charge < -0.3 is 10.3 Å². The first-order chi connectivity index (χ1) is 11.1. The van der Waals surface area contributed by atoms with Crippen molar-refractivity contribution in [2.45, 2.75) is 24.4 Å². The number of nitrogens with zero attached hydrogens (tertiary/aromatic N) is 1. The molecule has 0 saturated carbocycles. The zero-order valence-corrected chi connectivity index (χ0v) is 13.6. The fourth-order valence-electron chi connectivity index (χ4n) is 2.80. The topological polar surface area (TPSA) is 74.8 Å². The number of carbonyl (C=O) groups excluding carboxylic acids is 1. The Labute approximate surface area is 138 Å². The third kappa shape index (κ3) is 3.07. The summed E-state index contributed by atoms with van der Waals surface area (Å²) in [5.74, 6) is 0.611. The van der Waals surface area contributed by atoms with Gasteiger partial charge in [0.15, 0.2) is 5.16 Å². The van der Waals surface area contributed by atoms with Crippen LogP contribution in [0.25, 0.3) is 0 Å². The van der Waals surface area contributed by atoms with Crippen LogP contribution in [0.3, 0.4) is 0 Å². The zero-order valence-electron chi connectivity index (χ0n) is 12.8. The van der Waals surface area contributed by atoms with Crippen molar-refractivity contribution in [3.8, 4) is 0 Å². The minimum atomic E-state index is -0.269. The molecule has 1 aromatic carbocycles. The van der Waals surface area contributed by atoms with Crippen LogP contribution in [-0.4, -0.2) is 21.6 Å². The Hall–Kier alpha value is -2.34. The van der Waals surface area contributed by atoms with E-state index < -0.39 is 0 Å². The lowest BCUT2D eigenvalue weighted by atomic mass is 9.84. The molecule has 2 heterocycles. The maximum Gasteiger partial charge on any atom is 0.257 e. The number of hydrogen-bond donors (Lipinski definition) is 2. The molecule has 1 amide bonds. The molecule has 0 saturated heterocycles. The highest BCUT2D eigenvalue weighted by molar-refractivity contribution is 7.99. The van der Waals surface area contributed by atoms with E-state index in [1.807, 2.05) is 31.2 Å². The van der Waals surface area contributed by atoms with Crippen LogP contribution in [0.4, 0.5) is 5.82 Å². The number of thioether (sulfide) groups is 1. The first kappa shape index (κ1) is 15.6. The van der Waals surface area contributed by atoms with Gasteiger partial charge in [-0.2, -0.15) is 0 Å². The molecule has 0 spiro atoms. The Morgan fingerprint density at radius 3 is 2.91 bits per heavy atom. The van der Waals surface area contributed by atoms with Gasteiger partial charge in [0.1, 0.15) is 5.82 Å². The number of H-pyrrole nitrogens is 1. The van der Waals surface area contributed by atoms with Gasteiger partial charge in [-0.05, 0) is 18.1 Å². The number of aromatic amines is 1. The van der Waals surface area contributed by atoms with Gasteiger partial charge in [-0.1, -0.05) is 42.1 Å². The minimum Gasteiger partial charge on any atom is -0.310 e. The Morgan fingerprint density at radius 1 is 1.39 bits per heavy atom. The molecule has 2 aromatic rings. The third-order valence-corrected chi connectivity index (χ3v) is 4.70. The number of fused-ring (bicyclic) bond motifs is 1. The molecule has 1 aliphatic heterocycles. The Kier molecular flexibility index (Phi) is 4.34. The first-order valence-electron chi connectivity index (χ1n) is 7.33. The molecule has 1 atom stereocenters. The average molecular weight is 327 g/mol. The predicted molar refractivity (Wildman–Crippen MR) is 92.0 cm³/mol. The summed E-state index contributed by atoms with van der Waals surface area (Å²) >= 11 is 1.37. The van der Waals surface area contributed by atoms with Gasteiger partial charge in [-0.15, -0.1) is 6.58 Å². The summed E-state index contributed by atoms with van der Waals surface area (Å²) in [6.45, 7) is 5.63. The fraction of sp³-hybridized carbons (Fsp3) is 0.235. The van der Waals surface area contributed by atoms with Gasteiger partial charge in [0.05, 0.1) is 5.56 Å². The van der Waals surface area contributed by atoms with Crippen molar-refractivity contribution in [2.75, 3.05) is 11.1 Å². The number of amides is 1. The number of benzene rings is 1. The standard InChI is InChI=1S/C17H17N3O2S/c1-3-8-23-17-19-15-14(16(22)20-17)12(9-13(21)18-15)11-7-5-4-6-10(11)2/h3-7,12H,1,8-9H2,2H3,(H2,18,19,20,21,22)/t12-/m1/s1. The number of aryl methyl sites for hydroxylation is 1. The quantitative estimate of drug-likeness (QED) is 0.514. The van der Waals surface area contributed by atoms with Crippen molar-refractivity contribution in [1.82, 2.24) is 9.97 Å². The van der Waals surface area contributed by atoms with E-state index in [2.05, 4.69) is 21.9 Å². The first-order valence-corrected chi connectivity index (χ1v) is 8.32. The Bertz CT molecular complexity index is 829. The SMILES string of the molecule is C=CCSc1nc2c(c(=O)[nH]1)[C@@H](c1ccccc1C)CC(=O)N2. The number of rotatable bonds is 4. The van der Waals surface area contributed by atoms with Gasteiger partial charge in [0.25, 0.3) is 5.56 Å². The van der Waals surface area contributed by atoms with Crippen LogP contribution in [0.5, 0.6) is 0 Å². The molecule has 3 rings (SSSR count). The van der Waals surface area contributed by atoms with E-state index in [9.17, 15) is 9.59 Å². The van der Waals surface area contributed by atoms with E-state index in [1.165, 1.54) is 11.8 Å². The summed E-state index contributed by atoms with van der Waals surface area (Å²) < 4.78 is 0. The second-order valence-electron chi connectivity index (χ2n) is 5.39. The van der Waals surface area contributed by atoms with Gasteiger partial charge >= 0.3 is 0 Å². The molecule has 0 radical (unpaired) electrons. The molecule has 2 N–H and O–H groups in total. The van der Waals surface area contributed by atoms with Crippen molar-refractivity contribution in [3.63, 3.8) is 0 Å². The van der Waals surface area contributed by atoms with Crippen LogP contribution in [-0.2, 0) is 4.79 Å². The van der Waals surface area contributed by atoms with E-state index in [-0.39, 0.29) is 23.8 Å².